The molecule has 0 bridgehead atoms. The normalized spacial score (nSPS) is 12.8. The highest BCUT2D eigenvalue weighted by Gasteiger charge is 2.14. The average Bonchev–Trinajstić information content (AvgIpc) is 2.99. The van der Waals surface area contributed by atoms with Gasteiger partial charge < -0.3 is 5.32 Å². The van der Waals surface area contributed by atoms with Gasteiger partial charge >= 0.3 is 0 Å². The van der Waals surface area contributed by atoms with E-state index in [-0.39, 0.29) is 0 Å². The van der Waals surface area contributed by atoms with Crippen LogP contribution >= 0.6 is 0 Å². The Morgan fingerprint density at radius 2 is 2.16 bits per heavy atom. The molecule has 2 rings (SSSR count). The summed E-state index contributed by atoms with van der Waals surface area (Å²) in [6.07, 6.45) is 9.12. The Bertz CT molecular complexity index is 499. The molecule has 2 aromatic heterocycles. The molecule has 0 saturated heterocycles. The van der Waals surface area contributed by atoms with Crippen LogP contribution in [0, 0.1) is 0 Å². The summed E-state index contributed by atoms with van der Waals surface area (Å²) in [4.78, 5) is 0. The number of hydrogen-bond donors (Lipinski definition) is 1. The second-order valence-electron chi connectivity index (χ2n) is 4.95. The highest BCUT2D eigenvalue weighted by Crippen LogP contribution is 2.18. The molecular weight excluding hydrogens is 238 g/mol. The smallest absolute Gasteiger partial charge is 0.0550 e. The second-order valence-corrected chi connectivity index (χ2v) is 4.95. The van der Waals surface area contributed by atoms with Crippen molar-refractivity contribution in [1.29, 1.82) is 0 Å². The van der Waals surface area contributed by atoms with E-state index in [1.165, 1.54) is 11.3 Å². The molecule has 1 unspecified atom stereocenters. The van der Waals surface area contributed by atoms with Gasteiger partial charge in [-0.15, -0.1) is 0 Å². The van der Waals surface area contributed by atoms with E-state index >= 15 is 0 Å². The highest BCUT2D eigenvalue weighted by atomic mass is 15.3. The van der Waals surface area contributed by atoms with Gasteiger partial charge in [-0.1, -0.05) is 6.92 Å². The zero-order chi connectivity index (χ0) is 13.7. The second kappa shape index (κ2) is 6.52. The van der Waals surface area contributed by atoms with Gasteiger partial charge in [-0.2, -0.15) is 10.2 Å². The topological polar surface area (TPSA) is 47.7 Å². The van der Waals surface area contributed by atoms with E-state index in [2.05, 4.69) is 34.7 Å². The zero-order valence-corrected chi connectivity index (χ0v) is 12.0. The molecule has 1 atom stereocenters. The monoisotopic (exact) mass is 261 g/mol. The maximum absolute atomic E-state index is 4.26. The molecule has 2 heterocycles. The van der Waals surface area contributed by atoms with Crippen LogP contribution in [0.1, 0.15) is 37.1 Å². The van der Waals surface area contributed by atoms with E-state index in [0.717, 1.165) is 25.8 Å². The molecule has 0 fully saturated rings. The number of aromatic nitrogens is 4. The van der Waals surface area contributed by atoms with Crippen molar-refractivity contribution in [3.63, 3.8) is 0 Å². The molecular formula is C14H23N5. The van der Waals surface area contributed by atoms with Crippen LogP contribution in [0.15, 0.2) is 24.7 Å². The molecule has 0 radical (unpaired) electrons. The summed E-state index contributed by atoms with van der Waals surface area (Å²) in [5.74, 6) is 0. The van der Waals surface area contributed by atoms with E-state index in [0.29, 0.717) is 6.04 Å². The molecule has 0 aromatic carbocycles. The van der Waals surface area contributed by atoms with Gasteiger partial charge in [0.15, 0.2) is 0 Å². The Hall–Kier alpha value is -1.62. The van der Waals surface area contributed by atoms with Crippen LogP contribution in [0.25, 0.3) is 0 Å². The minimum atomic E-state index is 0.354. The van der Waals surface area contributed by atoms with Gasteiger partial charge in [-0.05, 0) is 37.4 Å². The summed E-state index contributed by atoms with van der Waals surface area (Å²) < 4.78 is 3.81. The van der Waals surface area contributed by atoms with E-state index in [9.17, 15) is 0 Å². The van der Waals surface area contributed by atoms with Crippen LogP contribution in [0.3, 0.4) is 0 Å². The fourth-order valence-electron chi connectivity index (χ4n) is 2.31. The lowest BCUT2D eigenvalue weighted by Gasteiger charge is -2.18. The third kappa shape index (κ3) is 3.67. The first kappa shape index (κ1) is 13.8. The summed E-state index contributed by atoms with van der Waals surface area (Å²) in [6, 6.07) is 2.45. The first-order chi connectivity index (χ1) is 9.20. The lowest BCUT2D eigenvalue weighted by atomic mass is 10.0. The van der Waals surface area contributed by atoms with Crippen LogP contribution in [-0.2, 0) is 20.5 Å². The fraction of sp³-hybridized carbons (Fsp3) is 0.571. The Balaban J connectivity index is 2.00. The molecule has 0 aliphatic rings. The maximum Gasteiger partial charge on any atom is 0.0550 e. The van der Waals surface area contributed by atoms with Crippen LogP contribution in [0.2, 0.25) is 0 Å². The van der Waals surface area contributed by atoms with Gasteiger partial charge in [0.25, 0.3) is 0 Å². The summed E-state index contributed by atoms with van der Waals surface area (Å²) in [5.41, 5.74) is 2.53. The minimum absolute atomic E-state index is 0.354. The third-order valence-electron chi connectivity index (χ3n) is 3.34. The van der Waals surface area contributed by atoms with Crippen LogP contribution in [0.4, 0.5) is 0 Å². The highest BCUT2D eigenvalue weighted by molar-refractivity contribution is 5.09. The van der Waals surface area contributed by atoms with Crippen LogP contribution in [0.5, 0.6) is 0 Å². The molecule has 104 valence electrons. The summed E-state index contributed by atoms with van der Waals surface area (Å²) in [5, 5.41) is 12.1. The molecule has 5 nitrogen and oxygen atoms in total. The number of aryl methyl sites for hydroxylation is 3. The standard InChI is InChI=1S/C14H23N5/c1-4-8-15-13(14-7-9-16-19(14)3)6-5-12-10-17-18(2)11-12/h7,9-11,13,15H,4-6,8H2,1-3H3. The summed E-state index contributed by atoms with van der Waals surface area (Å²) >= 11 is 0. The molecule has 0 amide bonds. The molecule has 1 N–H and O–H groups in total. The largest absolute Gasteiger partial charge is 0.309 e. The molecule has 19 heavy (non-hydrogen) atoms. The van der Waals surface area contributed by atoms with E-state index in [1.807, 2.05) is 35.9 Å². The van der Waals surface area contributed by atoms with Crippen molar-refractivity contribution in [3.05, 3.63) is 35.9 Å². The van der Waals surface area contributed by atoms with Crippen molar-refractivity contribution in [2.75, 3.05) is 6.54 Å². The number of nitrogens with zero attached hydrogens (tertiary/aromatic N) is 4. The molecule has 2 aromatic rings. The first-order valence-corrected chi connectivity index (χ1v) is 6.89. The van der Waals surface area contributed by atoms with Gasteiger partial charge in [0.05, 0.1) is 11.9 Å². The summed E-state index contributed by atoms with van der Waals surface area (Å²) in [7, 11) is 3.96. The van der Waals surface area contributed by atoms with Gasteiger partial charge in [0.1, 0.15) is 0 Å². The molecule has 0 aliphatic carbocycles. The average molecular weight is 261 g/mol. The first-order valence-electron chi connectivity index (χ1n) is 6.89. The van der Waals surface area contributed by atoms with Gasteiger partial charge in [-0.25, -0.2) is 0 Å². The van der Waals surface area contributed by atoms with Crippen molar-refractivity contribution >= 4 is 0 Å². The van der Waals surface area contributed by atoms with Gasteiger partial charge in [0, 0.05) is 32.5 Å². The molecule has 0 spiro atoms. The van der Waals surface area contributed by atoms with Gasteiger partial charge in [-0.3, -0.25) is 9.36 Å². The van der Waals surface area contributed by atoms with Crippen molar-refractivity contribution in [2.24, 2.45) is 14.1 Å². The molecule has 0 saturated carbocycles. The van der Waals surface area contributed by atoms with Crippen molar-refractivity contribution in [3.8, 4) is 0 Å². The Morgan fingerprint density at radius 3 is 2.74 bits per heavy atom. The van der Waals surface area contributed by atoms with Crippen molar-refractivity contribution in [2.45, 2.75) is 32.2 Å². The van der Waals surface area contributed by atoms with Crippen LogP contribution < -0.4 is 5.32 Å². The van der Waals surface area contributed by atoms with E-state index < -0.39 is 0 Å². The lowest BCUT2D eigenvalue weighted by molar-refractivity contribution is 0.468. The minimum Gasteiger partial charge on any atom is -0.309 e. The number of nitrogens with one attached hydrogen (secondary N) is 1. The predicted molar refractivity (Wildman–Crippen MR) is 75.8 cm³/mol. The SMILES string of the molecule is CCCNC(CCc1cnn(C)c1)c1ccnn1C. The molecule has 5 heteroatoms. The van der Waals surface area contributed by atoms with Gasteiger partial charge in [0.2, 0.25) is 0 Å². The maximum atomic E-state index is 4.26. The third-order valence-corrected chi connectivity index (χ3v) is 3.34. The number of rotatable bonds is 7. The van der Waals surface area contributed by atoms with E-state index in [1.54, 1.807) is 0 Å². The van der Waals surface area contributed by atoms with Crippen molar-refractivity contribution < 1.29 is 0 Å². The van der Waals surface area contributed by atoms with Crippen LogP contribution in [-0.4, -0.2) is 26.1 Å². The lowest BCUT2D eigenvalue weighted by Crippen LogP contribution is -2.24. The quantitative estimate of drug-likeness (QED) is 0.827. The summed E-state index contributed by atoms with van der Waals surface area (Å²) in [6.45, 7) is 3.22. The predicted octanol–water partition coefficient (Wildman–Crippen LogP) is 1.83. The molecule has 0 aliphatic heterocycles. The fourth-order valence-corrected chi connectivity index (χ4v) is 2.31. The van der Waals surface area contributed by atoms with Crippen molar-refractivity contribution in [1.82, 2.24) is 24.9 Å². The Morgan fingerprint density at radius 1 is 1.32 bits per heavy atom. The Kier molecular flexibility index (Phi) is 4.74. The zero-order valence-electron chi connectivity index (χ0n) is 12.0. The van der Waals surface area contributed by atoms with E-state index in [4.69, 9.17) is 0 Å². The Labute approximate surface area is 114 Å². The number of hydrogen-bond acceptors (Lipinski definition) is 3.